The van der Waals surface area contributed by atoms with Gasteiger partial charge in [-0.25, -0.2) is 0 Å². The van der Waals surface area contributed by atoms with Crippen molar-refractivity contribution in [2.45, 2.75) is 51.2 Å². The number of piperidine rings is 1. The zero-order valence-corrected chi connectivity index (χ0v) is 30.6. The minimum absolute atomic E-state index is 0.00846. The summed E-state index contributed by atoms with van der Waals surface area (Å²) in [4.78, 5) is 60.8. The second kappa shape index (κ2) is 15.0. The maximum Gasteiger partial charge on any atom is 0.416 e. The number of carbonyl (C=O) groups excluding carboxylic acids is 3. The van der Waals surface area contributed by atoms with Crippen LogP contribution in [0.5, 0.6) is 5.75 Å². The van der Waals surface area contributed by atoms with Crippen LogP contribution in [0.4, 0.5) is 32.0 Å². The second-order valence-electron chi connectivity index (χ2n) is 13.9. The number of aromatic nitrogens is 1. The first kappa shape index (κ1) is 39.3. The van der Waals surface area contributed by atoms with Gasteiger partial charge in [0.15, 0.2) is 0 Å². The lowest BCUT2D eigenvalue weighted by molar-refractivity contribution is -0.143. The molecular weight excluding hydrogens is 732 g/mol. The Labute approximate surface area is 312 Å². The summed E-state index contributed by atoms with van der Waals surface area (Å²) in [5.41, 5.74) is -3.19. The molecule has 0 radical (unpaired) electrons. The van der Waals surface area contributed by atoms with Crippen molar-refractivity contribution in [2.75, 3.05) is 52.3 Å². The normalized spacial score (nSPS) is 15.3. The summed E-state index contributed by atoms with van der Waals surface area (Å²) in [7, 11) is 4.40. The molecule has 0 unspecified atom stereocenters. The van der Waals surface area contributed by atoms with Crippen molar-refractivity contribution in [3.63, 3.8) is 0 Å². The molecule has 6 rings (SSSR count). The fourth-order valence-electron chi connectivity index (χ4n) is 7.43. The quantitative estimate of drug-likeness (QED) is 0.196. The molecule has 10 nitrogen and oxygen atoms in total. The number of carbonyl (C=O) groups is 3. The molecule has 16 heteroatoms. The molecule has 3 aromatic carbocycles. The van der Waals surface area contributed by atoms with Crippen molar-refractivity contribution >= 4 is 34.3 Å². The number of anilines is 1. The Balaban J connectivity index is 1.40. The zero-order valence-electron chi connectivity index (χ0n) is 30.6. The van der Waals surface area contributed by atoms with E-state index in [0.717, 1.165) is 4.90 Å². The molecule has 3 heterocycles. The van der Waals surface area contributed by atoms with Crippen molar-refractivity contribution in [3.8, 4) is 16.9 Å². The fourth-order valence-corrected chi connectivity index (χ4v) is 7.43. The standard InChI is InChI=1S/C39H39F6N5O5/c1-23(51)47(3)28-11-13-48(14-12-28)22-32(52)49-15-16-50-35-30(9-6-10-31(35)49)33(25-7-5-8-29(19-25)55-4)34(37(50)54)36(53)46(2)21-24-17-26(38(40,41)42)20-27(18-24)39(43,44)45/h5-10,17-20,28H,11-16,21-22H2,1-4H3. The number of methoxy groups -OCH3 is 1. The Morgan fingerprint density at radius 3 is 2.09 bits per heavy atom. The van der Waals surface area contributed by atoms with Crippen LogP contribution in [0.1, 0.15) is 46.8 Å². The number of pyridine rings is 1. The molecule has 292 valence electrons. The molecule has 2 aliphatic rings. The van der Waals surface area contributed by atoms with E-state index in [-0.39, 0.29) is 54.7 Å². The molecule has 2 aliphatic heterocycles. The molecule has 3 amide bonds. The van der Waals surface area contributed by atoms with E-state index < -0.39 is 47.1 Å². The van der Waals surface area contributed by atoms with Crippen LogP contribution in [0, 0.1) is 0 Å². The van der Waals surface area contributed by atoms with E-state index in [4.69, 9.17) is 4.74 Å². The van der Waals surface area contributed by atoms with Crippen molar-refractivity contribution < 1.29 is 45.5 Å². The largest absolute Gasteiger partial charge is 0.497 e. The van der Waals surface area contributed by atoms with Gasteiger partial charge in [-0.15, -0.1) is 0 Å². The van der Waals surface area contributed by atoms with Gasteiger partial charge in [0, 0.05) is 70.7 Å². The summed E-state index contributed by atoms with van der Waals surface area (Å²) < 4.78 is 88.6. The Kier molecular flexibility index (Phi) is 10.8. The highest BCUT2D eigenvalue weighted by molar-refractivity contribution is 6.13. The van der Waals surface area contributed by atoms with Crippen LogP contribution in [0.3, 0.4) is 0 Å². The summed E-state index contributed by atoms with van der Waals surface area (Å²) >= 11 is 0. The zero-order chi connectivity index (χ0) is 40.0. The number of rotatable bonds is 8. The number of nitrogens with zero attached hydrogens (tertiary/aromatic N) is 5. The fraction of sp³-hybridized carbons (Fsp3) is 0.385. The first-order valence-electron chi connectivity index (χ1n) is 17.5. The van der Waals surface area contributed by atoms with Gasteiger partial charge in [0.05, 0.1) is 36.0 Å². The van der Waals surface area contributed by atoms with E-state index in [2.05, 4.69) is 0 Å². The number of likely N-dealkylation sites (tertiary alicyclic amines) is 1. The Bertz CT molecular complexity index is 2180. The number of hydrogen-bond acceptors (Lipinski definition) is 6. The molecule has 1 saturated heterocycles. The molecule has 0 saturated carbocycles. The third-order valence-corrected chi connectivity index (χ3v) is 10.3. The maximum absolute atomic E-state index is 14.5. The van der Waals surface area contributed by atoms with Crippen LogP contribution >= 0.6 is 0 Å². The highest BCUT2D eigenvalue weighted by Gasteiger charge is 2.38. The minimum atomic E-state index is -5.09. The van der Waals surface area contributed by atoms with Gasteiger partial charge in [0.1, 0.15) is 11.3 Å². The van der Waals surface area contributed by atoms with Gasteiger partial charge in [0.2, 0.25) is 11.8 Å². The van der Waals surface area contributed by atoms with Crippen LogP contribution in [0.25, 0.3) is 22.0 Å². The Hall–Kier alpha value is -5.38. The molecule has 0 atom stereocenters. The lowest BCUT2D eigenvalue weighted by Crippen LogP contribution is -2.49. The van der Waals surface area contributed by atoms with Gasteiger partial charge in [-0.2, -0.15) is 26.3 Å². The second-order valence-corrected chi connectivity index (χ2v) is 13.9. The van der Waals surface area contributed by atoms with E-state index in [1.54, 1.807) is 59.3 Å². The lowest BCUT2D eigenvalue weighted by Gasteiger charge is -2.37. The molecule has 55 heavy (non-hydrogen) atoms. The SMILES string of the molecule is COc1cccc(-c2c(C(=O)N(C)Cc3cc(C(F)(F)F)cc(C(F)(F)F)c3)c(=O)n3c4c(cccc24)N(C(=O)CN2CCC(N(C)C(C)=O)CC2)CC3)c1. The van der Waals surface area contributed by atoms with Crippen LogP contribution in [-0.4, -0.2) is 90.4 Å². The molecule has 1 aromatic heterocycles. The summed E-state index contributed by atoms with van der Waals surface area (Å²) in [6, 6.07) is 12.8. The van der Waals surface area contributed by atoms with Crippen molar-refractivity contribution in [3.05, 3.63) is 93.3 Å². The van der Waals surface area contributed by atoms with Gasteiger partial charge in [-0.1, -0.05) is 24.3 Å². The van der Waals surface area contributed by atoms with Gasteiger partial charge in [-0.3, -0.25) is 24.1 Å². The lowest BCUT2D eigenvalue weighted by atomic mass is 9.93. The Morgan fingerprint density at radius 2 is 1.49 bits per heavy atom. The number of benzene rings is 3. The van der Waals surface area contributed by atoms with Gasteiger partial charge < -0.3 is 24.0 Å². The van der Waals surface area contributed by atoms with Crippen molar-refractivity contribution in [2.24, 2.45) is 0 Å². The first-order valence-corrected chi connectivity index (χ1v) is 17.5. The molecule has 4 aromatic rings. The smallest absolute Gasteiger partial charge is 0.416 e. The number of alkyl halides is 6. The third kappa shape index (κ3) is 7.90. The molecule has 0 bridgehead atoms. The number of ether oxygens (including phenoxy) is 1. The van der Waals surface area contributed by atoms with E-state index in [0.29, 0.717) is 66.0 Å². The van der Waals surface area contributed by atoms with E-state index in [1.807, 2.05) is 4.90 Å². The van der Waals surface area contributed by atoms with E-state index >= 15 is 0 Å². The van der Waals surface area contributed by atoms with Crippen molar-refractivity contribution in [1.29, 1.82) is 0 Å². The van der Waals surface area contributed by atoms with Crippen molar-refractivity contribution in [1.82, 2.24) is 19.3 Å². The molecule has 0 aliphatic carbocycles. The summed E-state index contributed by atoms with van der Waals surface area (Å²) in [6.07, 6.45) is -8.75. The number of para-hydroxylation sites is 1. The molecule has 0 N–H and O–H groups in total. The molecule has 1 fully saturated rings. The maximum atomic E-state index is 14.5. The highest BCUT2D eigenvalue weighted by Crippen LogP contribution is 2.40. The number of halogens is 6. The van der Waals surface area contributed by atoms with Gasteiger partial charge in [-0.05, 0) is 60.4 Å². The number of hydrogen-bond donors (Lipinski definition) is 0. The van der Waals surface area contributed by atoms with Crippen LogP contribution in [-0.2, 0) is 35.0 Å². The number of amides is 3. The highest BCUT2D eigenvalue weighted by atomic mass is 19.4. The van der Waals surface area contributed by atoms with Crippen LogP contribution in [0.2, 0.25) is 0 Å². The van der Waals surface area contributed by atoms with Crippen LogP contribution in [0.15, 0.2) is 65.5 Å². The summed E-state index contributed by atoms with van der Waals surface area (Å²) in [5.74, 6) is -0.762. The van der Waals surface area contributed by atoms with E-state index in [9.17, 15) is 45.5 Å². The predicted molar refractivity (Wildman–Crippen MR) is 193 cm³/mol. The minimum Gasteiger partial charge on any atom is -0.497 e. The van der Waals surface area contributed by atoms with E-state index in [1.165, 1.54) is 25.6 Å². The topological polar surface area (TPSA) is 95.4 Å². The molecule has 0 spiro atoms. The summed E-state index contributed by atoms with van der Waals surface area (Å²) in [6.45, 7) is 2.27. The first-order chi connectivity index (χ1) is 25.9. The molecular formula is C39H39F6N5O5. The third-order valence-electron chi connectivity index (χ3n) is 10.3. The average Bonchev–Trinajstić information content (AvgIpc) is 3.14. The Morgan fingerprint density at radius 1 is 0.855 bits per heavy atom. The van der Waals surface area contributed by atoms with Crippen LogP contribution < -0.4 is 15.2 Å². The summed E-state index contributed by atoms with van der Waals surface area (Å²) in [5, 5.41) is 0.422. The predicted octanol–water partition coefficient (Wildman–Crippen LogP) is 6.28. The monoisotopic (exact) mass is 771 g/mol. The van der Waals surface area contributed by atoms with Gasteiger partial charge in [0.25, 0.3) is 11.5 Å². The van der Waals surface area contributed by atoms with Gasteiger partial charge >= 0.3 is 12.4 Å². The average molecular weight is 772 g/mol.